The van der Waals surface area contributed by atoms with Gasteiger partial charge in [-0.2, -0.15) is 5.10 Å². The molecule has 2 rings (SSSR count). The van der Waals surface area contributed by atoms with Gasteiger partial charge in [-0.15, -0.1) is 0 Å². The molecule has 0 saturated carbocycles. The minimum Gasteiger partial charge on any atom is -0.500 e. The molecule has 0 aliphatic rings. The highest BCUT2D eigenvalue weighted by atomic mass is 16.6. The van der Waals surface area contributed by atoms with Crippen LogP contribution in [0.3, 0.4) is 0 Å². The Morgan fingerprint density at radius 1 is 1.23 bits per heavy atom. The van der Waals surface area contributed by atoms with Crippen LogP contribution < -0.4 is 4.74 Å². The number of rotatable bonds is 7. The zero-order valence-electron chi connectivity index (χ0n) is 15.3. The third-order valence-corrected chi connectivity index (χ3v) is 3.46. The van der Waals surface area contributed by atoms with Crippen LogP contribution in [0, 0.1) is 6.92 Å². The van der Waals surface area contributed by atoms with Crippen molar-refractivity contribution in [2.45, 2.75) is 13.8 Å². The third kappa shape index (κ3) is 4.41. The summed E-state index contributed by atoms with van der Waals surface area (Å²) in [6.07, 6.45) is 2.99. The highest BCUT2D eigenvalue weighted by Crippen LogP contribution is 2.24. The summed E-state index contributed by atoms with van der Waals surface area (Å²) < 4.78 is 16.9. The van der Waals surface area contributed by atoms with Crippen LogP contribution in [-0.2, 0) is 19.1 Å². The quantitative estimate of drug-likeness (QED) is 0.248. The zero-order valence-corrected chi connectivity index (χ0v) is 15.3. The Morgan fingerprint density at radius 3 is 2.65 bits per heavy atom. The summed E-state index contributed by atoms with van der Waals surface area (Å²) in [6.45, 7) is 3.67. The van der Waals surface area contributed by atoms with E-state index >= 15 is 0 Å². The molecule has 0 aliphatic heterocycles. The number of aromatic nitrogens is 2. The van der Waals surface area contributed by atoms with Gasteiger partial charge in [0.1, 0.15) is 30.5 Å². The minimum atomic E-state index is -0.635. The Hall–Kier alpha value is -3.29. The Kier molecular flexibility index (Phi) is 6.37. The first-order valence-electron chi connectivity index (χ1n) is 7.74. The number of carbonyl (C=O) groups is 1. The van der Waals surface area contributed by atoms with E-state index in [1.165, 1.54) is 27.6 Å². The number of benzene rings is 1. The first-order valence-corrected chi connectivity index (χ1v) is 7.74. The summed E-state index contributed by atoms with van der Waals surface area (Å²) in [5.41, 5.74) is 2.93. The maximum Gasteiger partial charge on any atom is 0.377 e. The van der Waals surface area contributed by atoms with Crippen LogP contribution in [0.5, 0.6) is 5.75 Å². The van der Waals surface area contributed by atoms with Crippen LogP contribution in [0.4, 0.5) is 0 Å². The van der Waals surface area contributed by atoms with Gasteiger partial charge < -0.3 is 19.0 Å². The van der Waals surface area contributed by atoms with Crippen molar-refractivity contribution >= 4 is 11.7 Å². The molecule has 0 fully saturated rings. The molecule has 1 aromatic heterocycles. The van der Waals surface area contributed by atoms with Crippen molar-refractivity contribution in [3.05, 3.63) is 53.7 Å². The molecular weight excluding hydrogens is 338 g/mol. The fourth-order valence-electron chi connectivity index (χ4n) is 2.13. The number of methoxy groups -OCH3 is 2. The number of esters is 1. The molecular formula is C18H21N3O5. The molecule has 8 heteroatoms. The van der Waals surface area contributed by atoms with Gasteiger partial charge in [-0.25, -0.2) is 9.48 Å². The van der Waals surface area contributed by atoms with E-state index in [0.717, 1.165) is 11.3 Å². The molecule has 26 heavy (non-hydrogen) atoms. The van der Waals surface area contributed by atoms with Crippen LogP contribution in [0.25, 0.3) is 5.69 Å². The summed E-state index contributed by atoms with van der Waals surface area (Å²) in [6, 6.07) is 7.34. The zero-order chi connectivity index (χ0) is 19.1. The van der Waals surface area contributed by atoms with E-state index < -0.39 is 5.97 Å². The van der Waals surface area contributed by atoms with Crippen molar-refractivity contribution in [2.75, 3.05) is 21.3 Å². The van der Waals surface area contributed by atoms with Gasteiger partial charge in [0.25, 0.3) is 0 Å². The molecule has 0 unspecified atom stereocenters. The summed E-state index contributed by atoms with van der Waals surface area (Å²) in [5, 5.41) is 8.32. The molecule has 0 bridgehead atoms. The van der Waals surface area contributed by atoms with E-state index in [2.05, 4.69) is 15.0 Å². The normalized spacial score (nSPS) is 11.9. The van der Waals surface area contributed by atoms with E-state index in [0.29, 0.717) is 17.2 Å². The topological polar surface area (TPSA) is 84.2 Å². The lowest BCUT2D eigenvalue weighted by Gasteiger charge is -2.12. The second kappa shape index (κ2) is 8.70. The molecule has 0 amide bonds. The van der Waals surface area contributed by atoms with Gasteiger partial charge in [-0.05, 0) is 31.5 Å². The molecule has 0 radical (unpaired) electrons. The van der Waals surface area contributed by atoms with Crippen LogP contribution in [0.15, 0.2) is 47.6 Å². The average molecular weight is 359 g/mol. The predicted molar refractivity (Wildman–Crippen MR) is 95.3 cm³/mol. The van der Waals surface area contributed by atoms with Crippen molar-refractivity contribution in [3.8, 4) is 11.4 Å². The number of ether oxygens (including phenoxy) is 3. The van der Waals surface area contributed by atoms with E-state index in [4.69, 9.17) is 14.3 Å². The lowest BCUT2D eigenvalue weighted by atomic mass is 10.2. The van der Waals surface area contributed by atoms with Crippen molar-refractivity contribution in [1.82, 2.24) is 9.78 Å². The van der Waals surface area contributed by atoms with Crippen molar-refractivity contribution in [1.29, 1.82) is 0 Å². The maximum absolute atomic E-state index is 11.8. The van der Waals surface area contributed by atoms with Crippen LogP contribution >= 0.6 is 0 Å². The standard InChI is InChI=1S/C18H21N3O5/c1-12-6-7-14(21-9-8-15(19-21)13(2)20-25-5)10-16(12)26-17(11-23-3)18(22)24-4/h6-11H,1-5H3/b17-11-,20-13?. The first-order chi connectivity index (χ1) is 12.5. The molecule has 0 spiro atoms. The van der Waals surface area contributed by atoms with Gasteiger partial charge in [0.2, 0.25) is 5.76 Å². The largest absolute Gasteiger partial charge is 0.500 e. The molecule has 1 aromatic carbocycles. The fraction of sp³-hybridized carbons (Fsp3) is 0.278. The third-order valence-electron chi connectivity index (χ3n) is 3.46. The molecule has 2 aromatic rings. The number of oxime groups is 1. The fourth-order valence-corrected chi connectivity index (χ4v) is 2.13. The molecule has 138 valence electrons. The van der Waals surface area contributed by atoms with Crippen molar-refractivity contribution in [2.24, 2.45) is 5.16 Å². The van der Waals surface area contributed by atoms with Crippen LogP contribution in [0.2, 0.25) is 0 Å². The van der Waals surface area contributed by atoms with E-state index in [-0.39, 0.29) is 5.76 Å². The summed E-state index contributed by atoms with van der Waals surface area (Å²) in [5.74, 6) is -0.209. The van der Waals surface area contributed by atoms with Gasteiger partial charge in [-0.1, -0.05) is 11.2 Å². The highest BCUT2D eigenvalue weighted by molar-refractivity contribution is 5.96. The lowest BCUT2D eigenvalue weighted by Crippen LogP contribution is -2.12. The number of carbonyl (C=O) groups excluding carboxylic acids is 1. The Labute approximate surface area is 151 Å². The number of nitrogens with zero attached hydrogens (tertiary/aromatic N) is 3. The molecule has 0 aliphatic carbocycles. The average Bonchev–Trinajstić information content (AvgIpc) is 3.12. The van der Waals surface area contributed by atoms with Crippen LogP contribution in [0.1, 0.15) is 18.2 Å². The first kappa shape index (κ1) is 19.0. The molecule has 8 nitrogen and oxygen atoms in total. The van der Waals surface area contributed by atoms with E-state index in [9.17, 15) is 4.79 Å². The highest BCUT2D eigenvalue weighted by Gasteiger charge is 2.15. The van der Waals surface area contributed by atoms with Crippen molar-refractivity contribution in [3.63, 3.8) is 0 Å². The molecule has 1 heterocycles. The maximum atomic E-state index is 11.8. The van der Waals surface area contributed by atoms with Gasteiger partial charge in [-0.3, -0.25) is 0 Å². The predicted octanol–water partition coefficient (Wildman–Crippen LogP) is 2.59. The van der Waals surface area contributed by atoms with Gasteiger partial charge in [0, 0.05) is 12.3 Å². The summed E-state index contributed by atoms with van der Waals surface area (Å²) in [7, 11) is 4.18. The number of hydrogen-bond acceptors (Lipinski definition) is 7. The van der Waals surface area contributed by atoms with Crippen LogP contribution in [-0.4, -0.2) is 42.8 Å². The molecule has 0 N–H and O–H groups in total. The van der Waals surface area contributed by atoms with E-state index in [1.807, 2.05) is 25.1 Å². The second-order valence-electron chi connectivity index (χ2n) is 5.27. The van der Waals surface area contributed by atoms with Gasteiger partial charge in [0.05, 0.1) is 19.9 Å². The second-order valence-corrected chi connectivity index (χ2v) is 5.27. The monoisotopic (exact) mass is 359 g/mol. The minimum absolute atomic E-state index is 0.0560. The Morgan fingerprint density at radius 2 is 2.00 bits per heavy atom. The smallest absolute Gasteiger partial charge is 0.377 e. The lowest BCUT2D eigenvalue weighted by molar-refractivity contribution is -0.138. The number of hydrogen-bond donors (Lipinski definition) is 0. The van der Waals surface area contributed by atoms with E-state index in [1.54, 1.807) is 23.9 Å². The van der Waals surface area contributed by atoms with Gasteiger partial charge >= 0.3 is 5.97 Å². The summed E-state index contributed by atoms with van der Waals surface area (Å²) >= 11 is 0. The summed E-state index contributed by atoms with van der Waals surface area (Å²) in [4.78, 5) is 16.5. The van der Waals surface area contributed by atoms with Gasteiger partial charge in [0.15, 0.2) is 0 Å². The number of aryl methyl sites for hydroxylation is 1. The molecule has 0 atom stereocenters. The van der Waals surface area contributed by atoms with Crippen molar-refractivity contribution < 1.29 is 23.8 Å². The Balaban J connectivity index is 2.34. The molecule has 0 saturated heterocycles. The Bertz CT molecular complexity index is 839. The SMILES string of the molecule is CO/C=C(\Oc1cc(-n2ccc(C(C)=NOC)n2)ccc1C)C(=O)OC.